The minimum absolute atomic E-state index is 0.0969. The zero-order chi connectivity index (χ0) is 25.9. The lowest BCUT2D eigenvalue weighted by molar-refractivity contribution is -0.147. The van der Waals surface area contributed by atoms with Crippen LogP contribution in [-0.4, -0.2) is 52.1 Å². The minimum atomic E-state index is -0.443. The molecule has 1 atom stereocenters. The molecule has 0 bridgehead atoms. The first kappa shape index (κ1) is 24.7. The van der Waals surface area contributed by atoms with Gasteiger partial charge in [-0.25, -0.2) is 4.98 Å². The Morgan fingerprint density at radius 3 is 2.57 bits per heavy atom. The Labute approximate surface area is 217 Å². The fourth-order valence-corrected chi connectivity index (χ4v) is 5.14. The molecule has 0 saturated carbocycles. The summed E-state index contributed by atoms with van der Waals surface area (Å²) in [5.74, 6) is -0.440. The van der Waals surface area contributed by atoms with Crippen LogP contribution in [0.5, 0.6) is 0 Å². The lowest BCUT2D eigenvalue weighted by atomic mass is 9.99. The number of imidazole rings is 1. The molecule has 1 unspecified atom stereocenters. The molecule has 1 aliphatic rings. The van der Waals surface area contributed by atoms with E-state index in [1.54, 1.807) is 18.2 Å². The topological polar surface area (TPSA) is 67.7 Å². The molecule has 2 heterocycles. The van der Waals surface area contributed by atoms with Crippen LogP contribution in [-0.2, 0) is 34.3 Å². The normalized spacial score (nSPS) is 14.2. The highest BCUT2D eigenvalue weighted by Crippen LogP contribution is 2.28. The molecule has 3 aromatic carbocycles. The lowest BCUT2D eigenvalue weighted by Gasteiger charge is -2.33. The van der Waals surface area contributed by atoms with Crippen LogP contribution in [0.2, 0.25) is 0 Å². The number of rotatable bonds is 7. The van der Waals surface area contributed by atoms with Crippen molar-refractivity contribution >= 4 is 28.6 Å². The molecular weight excluding hydrogens is 464 g/mol. The maximum absolute atomic E-state index is 12.8. The van der Waals surface area contributed by atoms with E-state index in [2.05, 4.69) is 40.2 Å². The van der Waals surface area contributed by atoms with E-state index in [1.807, 2.05) is 48.0 Å². The number of anilines is 1. The van der Waals surface area contributed by atoms with Crippen LogP contribution in [0.25, 0.3) is 22.2 Å². The Balaban J connectivity index is 1.38. The summed E-state index contributed by atoms with van der Waals surface area (Å²) >= 11 is 0. The summed E-state index contributed by atoms with van der Waals surface area (Å²) in [5, 5.41) is 0. The number of carbonyl (C=O) groups is 2. The van der Waals surface area contributed by atoms with Gasteiger partial charge in [-0.05, 0) is 52.9 Å². The Kier molecular flexibility index (Phi) is 7.06. The van der Waals surface area contributed by atoms with E-state index < -0.39 is 6.10 Å². The molecular formula is C30H32N4O3. The first-order chi connectivity index (χ1) is 17.9. The van der Waals surface area contributed by atoms with Crippen LogP contribution in [0.4, 0.5) is 5.69 Å². The second-order valence-electron chi connectivity index (χ2n) is 9.72. The molecule has 7 nitrogen and oxygen atoms in total. The average Bonchev–Trinajstić information content (AvgIpc) is 3.26. The van der Waals surface area contributed by atoms with Crippen LogP contribution in [0.3, 0.4) is 0 Å². The fourth-order valence-electron chi connectivity index (χ4n) is 5.14. The average molecular weight is 497 g/mol. The molecule has 0 spiro atoms. The van der Waals surface area contributed by atoms with E-state index in [1.165, 1.54) is 18.1 Å². The molecule has 0 saturated heterocycles. The fraction of sp³-hybridized carbons (Fsp3) is 0.300. The molecule has 5 rings (SSSR count). The van der Waals surface area contributed by atoms with Gasteiger partial charge in [0.05, 0.1) is 23.9 Å². The second-order valence-corrected chi connectivity index (χ2v) is 9.72. The van der Waals surface area contributed by atoms with Gasteiger partial charge in [0, 0.05) is 46.2 Å². The number of carbonyl (C=O) groups excluding carboxylic acids is 2. The predicted molar refractivity (Wildman–Crippen MR) is 145 cm³/mol. The summed E-state index contributed by atoms with van der Waals surface area (Å²) in [6.07, 6.45) is 2.32. The second kappa shape index (κ2) is 10.6. The monoisotopic (exact) mass is 496 g/mol. The quantitative estimate of drug-likeness (QED) is 0.350. The highest BCUT2D eigenvalue weighted by Gasteiger charge is 2.25. The molecule has 0 radical (unpaired) electrons. The molecule has 1 aliphatic heterocycles. The highest BCUT2D eigenvalue weighted by atomic mass is 16.5. The number of aromatic nitrogens is 2. The number of nitrogens with zero attached hydrogens (tertiary/aromatic N) is 4. The molecule has 1 aromatic heterocycles. The van der Waals surface area contributed by atoms with Crippen molar-refractivity contribution in [3.8, 4) is 11.1 Å². The molecule has 1 amide bonds. The number of esters is 1. The van der Waals surface area contributed by atoms with E-state index >= 15 is 0 Å². The Hall–Kier alpha value is -3.97. The standard InChI is InChI=1S/C30H32N4O3/c1-21(35)34(19-28(37-22(2)36)18-33-14-13-23-7-4-5-8-26(23)17-33)27-10-6-9-24(15-27)25-11-12-29-30(16-25)32(3)20-31-29/h4-12,15-16,20,28H,13-14,17-19H2,1-3H3. The van der Waals surface area contributed by atoms with Gasteiger partial charge in [-0.15, -0.1) is 0 Å². The number of fused-ring (bicyclic) bond motifs is 2. The molecule has 0 fully saturated rings. The van der Waals surface area contributed by atoms with Crippen LogP contribution in [0.1, 0.15) is 25.0 Å². The summed E-state index contributed by atoms with van der Waals surface area (Å²) in [7, 11) is 1.98. The van der Waals surface area contributed by atoms with Gasteiger partial charge in [-0.3, -0.25) is 14.5 Å². The predicted octanol–water partition coefficient (Wildman–Crippen LogP) is 4.58. The van der Waals surface area contributed by atoms with E-state index in [9.17, 15) is 9.59 Å². The molecule has 7 heteroatoms. The largest absolute Gasteiger partial charge is 0.459 e. The molecule has 37 heavy (non-hydrogen) atoms. The van der Waals surface area contributed by atoms with Gasteiger partial charge in [-0.2, -0.15) is 0 Å². The third-order valence-electron chi connectivity index (χ3n) is 6.99. The molecule has 4 aromatic rings. The van der Waals surface area contributed by atoms with Crippen LogP contribution >= 0.6 is 0 Å². The van der Waals surface area contributed by atoms with Crippen LogP contribution < -0.4 is 4.90 Å². The molecule has 0 N–H and O–H groups in total. The zero-order valence-corrected chi connectivity index (χ0v) is 21.6. The van der Waals surface area contributed by atoms with Crippen molar-refractivity contribution in [2.75, 3.05) is 24.5 Å². The summed E-state index contributed by atoms with van der Waals surface area (Å²) in [6, 6.07) is 22.5. The van der Waals surface area contributed by atoms with Crippen molar-refractivity contribution in [1.82, 2.24) is 14.5 Å². The maximum Gasteiger partial charge on any atom is 0.303 e. The summed E-state index contributed by atoms with van der Waals surface area (Å²) in [6.45, 7) is 5.52. The first-order valence-electron chi connectivity index (χ1n) is 12.6. The Bertz CT molecular complexity index is 1440. The summed E-state index contributed by atoms with van der Waals surface area (Å²) in [5.41, 5.74) is 7.48. The van der Waals surface area contributed by atoms with E-state index in [0.717, 1.165) is 47.4 Å². The number of amides is 1. The van der Waals surface area contributed by atoms with Crippen molar-refractivity contribution in [1.29, 1.82) is 0 Å². The van der Waals surface area contributed by atoms with Crippen LogP contribution in [0.15, 0.2) is 73.1 Å². The smallest absolute Gasteiger partial charge is 0.303 e. The van der Waals surface area contributed by atoms with Gasteiger partial charge in [0.15, 0.2) is 0 Å². The van der Waals surface area contributed by atoms with Gasteiger partial charge in [0.2, 0.25) is 5.91 Å². The Morgan fingerprint density at radius 2 is 1.78 bits per heavy atom. The maximum atomic E-state index is 12.8. The van der Waals surface area contributed by atoms with Gasteiger partial charge in [-0.1, -0.05) is 42.5 Å². The number of ether oxygens (including phenoxy) is 1. The number of hydrogen-bond donors (Lipinski definition) is 0. The van der Waals surface area contributed by atoms with Gasteiger partial charge >= 0.3 is 5.97 Å². The third kappa shape index (κ3) is 5.57. The van der Waals surface area contributed by atoms with E-state index in [4.69, 9.17) is 4.74 Å². The number of benzene rings is 3. The van der Waals surface area contributed by atoms with Crippen molar-refractivity contribution in [2.24, 2.45) is 7.05 Å². The molecule has 0 aliphatic carbocycles. The minimum Gasteiger partial charge on any atom is -0.459 e. The number of hydrogen-bond acceptors (Lipinski definition) is 5. The summed E-state index contributed by atoms with van der Waals surface area (Å²) < 4.78 is 7.72. The highest BCUT2D eigenvalue weighted by molar-refractivity contribution is 5.93. The van der Waals surface area contributed by atoms with E-state index in [0.29, 0.717) is 6.54 Å². The Morgan fingerprint density at radius 1 is 1.00 bits per heavy atom. The van der Waals surface area contributed by atoms with Gasteiger partial charge in [0.25, 0.3) is 0 Å². The third-order valence-corrected chi connectivity index (χ3v) is 6.99. The van der Waals surface area contributed by atoms with Crippen molar-refractivity contribution in [3.63, 3.8) is 0 Å². The molecule has 190 valence electrons. The zero-order valence-electron chi connectivity index (χ0n) is 21.6. The van der Waals surface area contributed by atoms with Crippen LogP contribution in [0, 0.1) is 0 Å². The lowest BCUT2D eigenvalue weighted by Crippen LogP contribution is -2.45. The number of aryl methyl sites for hydroxylation is 1. The summed E-state index contributed by atoms with van der Waals surface area (Å²) in [4.78, 5) is 33.2. The van der Waals surface area contributed by atoms with Crippen molar-refractivity contribution in [2.45, 2.75) is 32.9 Å². The van der Waals surface area contributed by atoms with Crippen molar-refractivity contribution < 1.29 is 14.3 Å². The SMILES string of the molecule is CC(=O)OC(CN1CCc2ccccc2C1)CN(C(C)=O)c1cccc(-c2ccc3ncn(C)c3c2)c1. The van der Waals surface area contributed by atoms with Gasteiger partial charge in [0.1, 0.15) is 6.10 Å². The van der Waals surface area contributed by atoms with Gasteiger partial charge < -0.3 is 14.2 Å². The van der Waals surface area contributed by atoms with Crippen molar-refractivity contribution in [3.05, 3.63) is 84.2 Å². The van der Waals surface area contributed by atoms with E-state index in [-0.39, 0.29) is 18.4 Å². The first-order valence-corrected chi connectivity index (χ1v) is 12.6.